The molecular weight excluding hydrogens is 282 g/mol. The Morgan fingerprint density at radius 1 is 0.857 bits per heavy atom. The highest BCUT2D eigenvalue weighted by Crippen LogP contribution is 2.48. The number of quaternary nitrogens is 1. The predicted molar refractivity (Wildman–Crippen MR) is 87.2 cm³/mol. The van der Waals surface area contributed by atoms with Crippen molar-refractivity contribution in [2.75, 3.05) is 0 Å². The smallest absolute Gasteiger partial charge is 0.241 e. The fourth-order valence-electron chi connectivity index (χ4n) is 3.35. The molecule has 1 saturated carbocycles. The lowest BCUT2D eigenvalue weighted by atomic mass is 9.93. The van der Waals surface area contributed by atoms with Crippen molar-refractivity contribution in [1.82, 2.24) is 4.00 Å². The summed E-state index contributed by atoms with van der Waals surface area (Å²) in [7, 11) is 0. The largest absolute Gasteiger partial charge is 0.283 e. The van der Waals surface area contributed by atoms with Crippen LogP contribution in [0.1, 0.15) is 32.1 Å². The summed E-state index contributed by atoms with van der Waals surface area (Å²) in [5.41, 5.74) is 1.65. The number of hydrogen-bond donors (Lipinski definition) is 0. The molecule has 21 heavy (non-hydrogen) atoms. The summed E-state index contributed by atoms with van der Waals surface area (Å²) in [6.07, 6.45) is 5.76. The van der Waals surface area contributed by atoms with E-state index in [0.29, 0.717) is 5.69 Å². The van der Waals surface area contributed by atoms with Crippen molar-refractivity contribution in [3.63, 3.8) is 0 Å². The van der Waals surface area contributed by atoms with Crippen LogP contribution in [0.3, 0.4) is 0 Å². The van der Waals surface area contributed by atoms with Gasteiger partial charge < -0.3 is 0 Å². The van der Waals surface area contributed by atoms with Crippen LogP contribution in [0.4, 0.5) is 11.4 Å². The molecule has 1 unspecified atom stereocenters. The molecule has 1 aliphatic carbocycles. The number of nitrogens with zero attached hydrogens (tertiary/aromatic N) is 1. The minimum atomic E-state index is 0.0157. The molecule has 109 valence electrons. The molecule has 0 spiro atoms. The number of rotatable bonds is 3. The summed E-state index contributed by atoms with van der Waals surface area (Å²) < 4.78 is 0.112. The SMILES string of the molecule is [O]c1ccccc1[N+](Cl)(c1ccccc1)C1CCCCC1. The highest BCUT2D eigenvalue weighted by Gasteiger charge is 2.43. The molecule has 3 heteroatoms. The molecule has 0 saturated heterocycles. The van der Waals surface area contributed by atoms with Gasteiger partial charge in [-0.05, 0) is 18.9 Å². The van der Waals surface area contributed by atoms with Crippen LogP contribution in [0.15, 0.2) is 54.6 Å². The van der Waals surface area contributed by atoms with E-state index < -0.39 is 0 Å². The van der Waals surface area contributed by atoms with E-state index in [1.807, 2.05) is 42.5 Å². The van der Waals surface area contributed by atoms with Crippen LogP contribution in [0.5, 0.6) is 5.75 Å². The Morgan fingerprint density at radius 3 is 2.14 bits per heavy atom. The fraction of sp³-hybridized carbons (Fsp3) is 0.333. The molecular formula is C18H20ClNO+. The zero-order valence-corrected chi connectivity index (χ0v) is 12.8. The van der Waals surface area contributed by atoms with Crippen molar-refractivity contribution in [2.24, 2.45) is 0 Å². The van der Waals surface area contributed by atoms with E-state index in [4.69, 9.17) is 11.8 Å². The highest BCUT2D eigenvalue weighted by atomic mass is 35.5. The van der Waals surface area contributed by atoms with Gasteiger partial charge in [0.2, 0.25) is 11.4 Å². The van der Waals surface area contributed by atoms with Gasteiger partial charge in [-0.15, -0.1) is 0 Å². The van der Waals surface area contributed by atoms with Gasteiger partial charge in [0, 0.05) is 31.0 Å². The summed E-state index contributed by atoms with van der Waals surface area (Å²) in [6.45, 7) is 0. The normalized spacial score (nSPS) is 19.1. The molecule has 0 aliphatic heterocycles. The van der Waals surface area contributed by atoms with E-state index in [9.17, 15) is 5.11 Å². The molecule has 0 amide bonds. The van der Waals surface area contributed by atoms with Crippen molar-refractivity contribution in [3.8, 4) is 5.75 Å². The monoisotopic (exact) mass is 301 g/mol. The third-order valence-electron chi connectivity index (χ3n) is 4.43. The van der Waals surface area contributed by atoms with Crippen molar-refractivity contribution in [1.29, 1.82) is 0 Å². The average molecular weight is 302 g/mol. The van der Waals surface area contributed by atoms with Crippen molar-refractivity contribution in [3.05, 3.63) is 54.6 Å². The minimum Gasteiger partial charge on any atom is -0.283 e. The molecule has 1 aliphatic rings. The van der Waals surface area contributed by atoms with Gasteiger partial charge in [0.05, 0.1) is 0 Å². The van der Waals surface area contributed by atoms with E-state index in [2.05, 4.69) is 0 Å². The third-order valence-corrected chi connectivity index (χ3v) is 5.08. The molecule has 1 fully saturated rings. The van der Waals surface area contributed by atoms with Crippen LogP contribution in [-0.4, -0.2) is 6.04 Å². The maximum Gasteiger partial charge on any atom is 0.241 e. The van der Waals surface area contributed by atoms with Crippen molar-refractivity contribution in [2.45, 2.75) is 38.1 Å². The second kappa shape index (κ2) is 6.08. The molecule has 0 N–H and O–H groups in total. The quantitative estimate of drug-likeness (QED) is 0.624. The molecule has 0 heterocycles. The molecule has 2 aromatic carbocycles. The number of para-hydroxylation sites is 3. The maximum atomic E-state index is 12.4. The van der Waals surface area contributed by atoms with Gasteiger partial charge in [-0.2, -0.15) is 4.00 Å². The maximum absolute atomic E-state index is 12.4. The molecule has 2 aromatic rings. The first kappa shape index (κ1) is 14.4. The lowest BCUT2D eigenvalue weighted by Gasteiger charge is -2.38. The van der Waals surface area contributed by atoms with Gasteiger partial charge in [0.15, 0.2) is 17.5 Å². The first-order valence-corrected chi connectivity index (χ1v) is 7.97. The molecule has 1 radical (unpaired) electrons. The second-order valence-electron chi connectivity index (χ2n) is 5.73. The fourth-order valence-corrected chi connectivity index (χ4v) is 3.80. The lowest BCUT2D eigenvalue weighted by Crippen LogP contribution is -2.45. The molecule has 0 bridgehead atoms. The van der Waals surface area contributed by atoms with Gasteiger partial charge in [-0.3, -0.25) is 5.11 Å². The van der Waals surface area contributed by atoms with Crippen LogP contribution in [-0.2, 0) is 5.11 Å². The van der Waals surface area contributed by atoms with Crippen LogP contribution in [0.25, 0.3) is 0 Å². The standard InChI is InChI=1S/C18H20ClNO/c19-20(15-9-3-1-4-10-15,16-11-5-2-6-12-16)17-13-7-8-14-18(17)21/h1,3-4,7-10,13-14,16H,2,5-6,11-12H2/q+1. The Hall–Kier alpha value is -1.51. The van der Waals surface area contributed by atoms with Crippen LogP contribution in [0.2, 0.25) is 0 Å². The minimum absolute atomic E-state index is 0.0157. The zero-order valence-electron chi connectivity index (χ0n) is 12.0. The van der Waals surface area contributed by atoms with Gasteiger partial charge in [0.25, 0.3) is 0 Å². The predicted octanol–water partition coefficient (Wildman–Crippen LogP) is 5.96. The van der Waals surface area contributed by atoms with Crippen molar-refractivity contribution < 1.29 is 5.11 Å². The first-order valence-electron chi connectivity index (χ1n) is 7.63. The molecule has 0 aromatic heterocycles. The summed E-state index contributed by atoms with van der Waals surface area (Å²) in [5.74, 6) is 0.0157. The number of hydrogen-bond acceptors (Lipinski definition) is 0. The summed E-state index contributed by atoms with van der Waals surface area (Å²) in [4.78, 5) is 0. The molecule has 2 nitrogen and oxygen atoms in total. The van der Waals surface area contributed by atoms with E-state index >= 15 is 0 Å². The van der Waals surface area contributed by atoms with Crippen LogP contribution < -0.4 is 4.00 Å². The van der Waals surface area contributed by atoms with Gasteiger partial charge in [0.1, 0.15) is 6.04 Å². The lowest BCUT2D eigenvalue weighted by molar-refractivity contribution is 0.301. The molecule has 1 atom stereocenters. The van der Waals surface area contributed by atoms with E-state index in [1.54, 1.807) is 12.1 Å². The Bertz CT molecular complexity index is 595. The Morgan fingerprint density at radius 2 is 1.48 bits per heavy atom. The van der Waals surface area contributed by atoms with Crippen molar-refractivity contribution >= 4 is 23.2 Å². The summed E-state index contributed by atoms with van der Waals surface area (Å²) in [5, 5.41) is 12.4. The number of halogens is 1. The van der Waals surface area contributed by atoms with Crippen LogP contribution in [0, 0.1) is 0 Å². The second-order valence-corrected chi connectivity index (χ2v) is 6.26. The van der Waals surface area contributed by atoms with E-state index in [1.165, 1.54) is 19.3 Å². The van der Waals surface area contributed by atoms with Crippen LogP contribution >= 0.6 is 11.8 Å². The topological polar surface area (TPSA) is 19.9 Å². The van der Waals surface area contributed by atoms with E-state index in [-0.39, 0.29) is 15.8 Å². The number of benzene rings is 2. The third kappa shape index (κ3) is 2.66. The summed E-state index contributed by atoms with van der Waals surface area (Å²) in [6, 6.07) is 17.4. The Balaban J connectivity index is 2.12. The first-order chi connectivity index (χ1) is 10.2. The Kier molecular flexibility index (Phi) is 4.18. The molecule has 3 rings (SSSR count). The van der Waals surface area contributed by atoms with Gasteiger partial charge in [-0.25, -0.2) is 0 Å². The average Bonchev–Trinajstić information content (AvgIpc) is 2.56. The van der Waals surface area contributed by atoms with E-state index in [0.717, 1.165) is 18.5 Å². The Labute approximate surface area is 131 Å². The highest BCUT2D eigenvalue weighted by molar-refractivity contribution is 6.25. The van der Waals surface area contributed by atoms with Gasteiger partial charge in [-0.1, -0.05) is 36.8 Å². The summed E-state index contributed by atoms with van der Waals surface area (Å²) >= 11 is 7.11. The zero-order chi connectivity index (χ0) is 14.7. The van der Waals surface area contributed by atoms with Gasteiger partial charge >= 0.3 is 0 Å².